The maximum absolute atomic E-state index is 12.7. The topological polar surface area (TPSA) is 69.7 Å². The van der Waals surface area contributed by atoms with E-state index >= 15 is 0 Å². The zero-order chi connectivity index (χ0) is 20.1. The predicted molar refractivity (Wildman–Crippen MR) is 108 cm³/mol. The number of ether oxygens (including phenoxy) is 3. The molecule has 0 spiro atoms. The molecule has 0 saturated heterocycles. The minimum Gasteiger partial charge on any atom is -0.493 e. The Bertz CT molecular complexity index is 1010. The third-order valence-corrected chi connectivity index (χ3v) is 4.24. The first-order valence-corrected chi connectivity index (χ1v) is 8.88. The Morgan fingerprint density at radius 3 is 2.43 bits per heavy atom. The number of carbonyl (C=O) groups is 1. The number of hydrogen-bond acceptors (Lipinski definition) is 5. The minimum absolute atomic E-state index is 0.180. The number of amides is 1. The molecule has 0 aliphatic heterocycles. The maximum Gasteiger partial charge on any atom is 0.255 e. The molecule has 6 nitrogen and oxygen atoms in total. The van der Waals surface area contributed by atoms with Crippen molar-refractivity contribution in [2.75, 3.05) is 19.5 Å². The number of aromatic nitrogens is 1. The quantitative estimate of drug-likeness (QED) is 0.576. The highest BCUT2D eigenvalue weighted by molar-refractivity contribution is 6.35. The van der Waals surface area contributed by atoms with E-state index in [9.17, 15) is 4.79 Å². The molecule has 0 radical (unpaired) electrons. The molecule has 8 heteroatoms. The lowest BCUT2D eigenvalue weighted by Crippen LogP contribution is -2.12. The molecule has 0 atom stereocenters. The van der Waals surface area contributed by atoms with Gasteiger partial charge in [-0.2, -0.15) is 0 Å². The van der Waals surface area contributed by atoms with Crippen molar-refractivity contribution in [3.8, 4) is 23.1 Å². The second-order valence-electron chi connectivity index (χ2n) is 5.56. The van der Waals surface area contributed by atoms with Gasteiger partial charge >= 0.3 is 0 Å². The summed E-state index contributed by atoms with van der Waals surface area (Å²) in [4.78, 5) is 16.7. The van der Waals surface area contributed by atoms with Gasteiger partial charge < -0.3 is 19.5 Å². The molecule has 3 aromatic rings. The molecule has 0 saturated carbocycles. The van der Waals surface area contributed by atoms with Gasteiger partial charge in [0.2, 0.25) is 5.88 Å². The summed E-state index contributed by atoms with van der Waals surface area (Å²) in [6, 6.07) is 13.4. The van der Waals surface area contributed by atoms with E-state index in [1.165, 1.54) is 26.5 Å². The zero-order valence-electron chi connectivity index (χ0n) is 15.0. The van der Waals surface area contributed by atoms with Crippen molar-refractivity contribution in [1.82, 2.24) is 4.98 Å². The molecule has 1 amide bonds. The van der Waals surface area contributed by atoms with Gasteiger partial charge in [0.25, 0.3) is 5.91 Å². The number of methoxy groups -OCH3 is 2. The van der Waals surface area contributed by atoms with Crippen LogP contribution >= 0.6 is 23.2 Å². The molecule has 28 heavy (non-hydrogen) atoms. The van der Waals surface area contributed by atoms with Crippen LogP contribution in [0.3, 0.4) is 0 Å². The SMILES string of the molecule is COc1ccc(C(=O)Nc2ccccc2Oc2ncc(Cl)cc2Cl)cc1OC. The summed E-state index contributed by atoms with van der Waals surface area (Å²) in [6.07, 6.45) is 1.42. The molecule has 0 unspecified atom stereocenters. The summed E-state index contributed by atoms with van der Waals surface area (Å²) in [5.74, 6) is 1.21. The molecule has 1 heterocycles. The highest BCUT2D eigenvalue weighted by atomic mass is 35.5. The van der Waals surface area contributed by atoms with Gasteiger partial charge in [0.05, 0.1) is 24.9 Å². The van der Waals surface area contributed by atoms with Gasteiger partial charge in [-0.05, 0) is 36.4 Å². The van der Waals surface area contributed by atoms with Crippen LogP contribution in [0.2, 0.25) is 10.0 Å². The van der Waals surface area contributed by atoms with Crippen LogP contribution < -0.4 is 19.5 Å². The van der Waals surface area contributed by atoms with Crippen LogP contribution in [0.15, 0.2) is 54.7 Å². The molecule has 0 bridgehead atoms. The standard InChI is InChI=1S/C20H16Cl2N2O4/c1-26-17-8-7-12(9-18(17)27-2)19(25)24-15-5-3-4-6-16(15)28-20-14(22)10-13(21)11-23-20/h3-11H,1-2H3,(H,24,25). The minimum atomic E-state index is -0.341. The average molecular weight is 419 g/mol. The first-order chi connectivity index (χ1) is 13.5. The van der Waals surface area contributed by atoms with Crippen molar-refractivity contribution in [3.05, 3.63) is 70.3 Å². The Labute approximate surface area is 172 Å². The first-order valence-electron chi connectivity index (χ1n) is 8.13. The summed E-state index contributed by atoms with van der Waals surface area (Å²) < 4.78 is 16.2. The van der Waals surface area contributed by atoms with Gasteiger partial charge in [-0.3, -0.25) is 4.79 Å². The van der Waals surface area contributed by atoms with Crippen LogP contribution in [0.1, 0.15) is 10.4 Å². The van der Waals surface area contributed by atoms with Crippen molar-refractivity contribution in [2.45, 2.75) is 0 Å². The number of para-hydroxylation sites is 2. The molecule has 0 aliphatic carbocycles. The molecular weight excluding hydrogens is 403 g/mol. The molecular formula is C20H16Cl2N2O4. The fourth-order valence-corrected chi connectivity index (χ4v) is 2.83. The summed E-state index contributed by atoms with van der Waals surface area (Å²) in [5.41, 5.74) is 0.852. The Kier molecular flexibility index (Phi) is 6.23. The summed E-state index contributed by atoms with van der Waals surface area (Å²) >= 11 is 12.0. The maximum atomic E-state index is 12.7. The number of pyridine rings is 1. The van der Waals surface area contributed by atoms with E-state index in [1.54, 1.807) is 42.5 Å². The number of halogens is 2. The second-order valence-corrected chi connectivity index (χ2v) is 6.41. The lowest BCUT2D eigenvalue weighted by molar-refractivity contribution is 0.102. The van der Waals surface area contributed by atoms with Gasteiger partial charge in [0.15, 0.2) is 17.2 Å². The predicted octanol–water partition coefficient (Wildman–Crippen LogP) is 5.45. The van der Waals surface area contributed by atoms with Crippen molar-refractivity contribution >= 4 is 34.8 Å². The lowest BCUT2D eigenvalue weighted by atomic mass is 10.1. The second kappa shape index (κ2) is 8.82. The lowest BCUT2D eigenvalue weighted by Gasteiger charge is -2.13. The highest BCUT2D eigenvalue weighted by Gasteiger charge is 2.14. The van der Waals surface area contributed by atoms with E-state index in [4.69, 9.17) is 37.4 Å². The third kappa shape index (κ3) is 4.47. The first kappa shape index (κ1) is 19.8. The number of carbonyl (C=O) groups excluding carboxylic acids is 1. The molecule has 1 N–H and O–H groups in total. The number of benzene rings is 2. The van der Waals surface area contributed by atoms with Gasteiger partial charge in [-0.1, -0.05) is 35.3 Å². The van der Waals surface area contributed by atoms with E-state index in [-0.39, 0.29) is 16.8 Å². The van der Waals surface area contributed by atoms with Gasteiger partial charge in [-0.25, -0.2) is 4.98 Å². The van der Waals surface area contributed by atoms with Gasteiger partial charge in [-0.15, -0.1) is 0 Å². The molecule has 0 fully saturated rings. The van der Waals surface area contributed by atoms with E-state index < -0.39 is 0 Å². The van der Waals surface area contributed by atoms with Crippen LogP contribution in [0.4, 0.5) is 5.69 Å². The van der Waals surface area contributed by atoms with Crippen molar-refractivity contribution in [3.63, 3.8) is 0 Å². The van der Waals surface area contributed by atoms with Crippen LogP contribution in [0.5, 0.6) is 23.1 Å². The Balaban J connectivity index is 1.84. The number of nitrogens with zero attached hydrogens (tertiary/aromatic N) is 1. The number of hydrogen-bond donors (Lipinski definition) is 1. The summed E-state index contributed by atoms with van der Waals surface area (Å²) in [6.45, 7) is 0. The highest BCUT2D eigenvalue weighted by Crippen LogP contribution is 2.34. The zero-order valence-corrected chi connectivity index (χ0v) is 16.5. The monoisotopic (exact) mass is 418 g/mol. The van der Waals surface area contributed by atoms with E-state index in [0.29, 0.717) is 33.5 Å². The fourth-order valence-electron chi connectivity index (χ4n) is 2.41. The Morgan fingerprint density at radius 1 is 0.964 bits per heavy atom. The van der Waals surface area contributed by atoms with Crippen molar-refractivity contribution in [2.24, 2.45) is 0 Å². The Morgan fingerprint density at radius 2 is 1.71 bits per heavy atom. The third-order valence-electron chi connectivity index (χ3n) is 3.76. The van der Waals surface area contributed by atoms with E-state index in [0.717, 1.165) is 0 Å². The van der Waals surface area contributed by atoms with Crippen LogP contribution in [-0.2, 0) is 0 Å². The fraction of sp³-hybridized carbons (Fsp3) is 0.100. The normalized spacial score (nSPS) is 10.3. The van der Waals surface area contributed by atoms with Crippen molar-refractivity contribution < 1.29 is 19.0 Å². The molecule has 2 aromatic carbocycles. The van der Waals surface area contributed by atoms with Crippen LogP contribution in [0.25, 0.3) is 0 Å². The smallest absolute Gasteiger partial charge is 0.255 e. The average Bonchev–Trinajstić information content (AvgIpc) is 2.70. The largest absolute Gasteiger partial charge is 0.493 e. The molecule has 0 aliphatic rings. The van der Waals surface area contributed by atoms with E-state index in [1.807, 2.05) is 0 Å². The molecule has 144 valence electrons. The Hall–Kier alpha value is -2.96. The number of nitrogens with one attached hydrogen (secondary N) is 1. The summed E-state index contributed by atoms with van der Waals surface area (Å²) in [7, 11) is 3.03. The number of rotatable bonds is 6. The van der Waals surface area contributed by atoms with Crippen molar-refractivity contribution in [1.29, 1.82) is 0 Å². The molecule has 3 rings (SSSR count). The van der Waals surface area contributed by atoms with Crippen LogP contribution in [-0.4, -0.2) is 25.1 Å². The van der Waals surface area contributed by atoms with Gasteiger partial charge in [0, 0.05) is 11.8 Å². The number of anilines is 1. The summed E-state index contributed by atoms with van der Waals surface area (Å²) in [5, 5.41) is 3.46. The van der Waals surface area contributed by atoms with E-state index in [2.05, 4.69) is 10.3 Å². The van der Waals surface area contributed by atoms with Gasteiger partial charge in [0.1, 0.15) is 5.02 Å². The van der Waals surface area contributed by atoms with Crippen LogP contribution in [0, 0.1) is 0 Å². The molecule has 1 aromatic heterocycles.